The molecule has 0 radical (unpaired) electrons. The van der Waals surface area contributed by atoms with Crippen molar-refractivity contribution in [3.63, 3.8) is 0 Å². The summed E-state index contributed by atoms with van der Waals surface area (Å²) in [7, 11) is 3.19. The summed E-state index contributed by atoms with van der Waals surface area (Å²) < 4.78 is 11.0. The number of rotatable bonds is 6. The van der Waals surface area contributed by atoms with Gasteiger partial charge in [-0.05, 0) is 47.5 Å². The molecule has 0 bridgehead atoms. The summed E-state index contributed by atoms with van der Waals surface area (Å²) >= 11 is 12.3. The molecule has 1 amide bonds. The molecule has 0 unspecified atom stereocenters. The highest BCUT2D eigenvalue weighted by Crippen LogP contribution is 2.45. The van der Waals surface area contributed by atoms with Gasteiger partial charge in [0.15, 0.2) is 0 Å². The lowest BCUT2D eigenvalue weighted by atomic mass is 9.93. The first-order valence-electron chi connectivity index (χ1n) is 11.0. The minimum atomic E-state index is -0.366. The summed E-state index contributed by atoms with van der Waals surface area (Å²) in [6.45, 7) is 3.78. The van der Waals surface area contributed by atoms with Gasteiger partial charge in [-0.3, -0.25) is 14.7 Å². The van der Waals surface area contributed by atoms with Crippen LogP contribution < -0.4 is 9.47 Å². The second-order valence-corrected chi connectivity index (χ2v) is 9.25. The number of nitrogens with zero attached hydrogens (tertiary/aromatic N) is 2. The van der Waals surface area contributed by atoms with Crippen molar-refractivity contribution < 1.29 is 14.3 Å². The third-order valence-corrected chi connectivity index (χ3v) is 6.37. The fourth-order valence-electron chi connectivity index (χ4n) is 4.15. The highest BCUT2D eigenvalue weighted by atomic mass is 35.5. The molecular formula is C27H26Cl2N2O3. The lowest BCUT2D eigenvalue weighted by Crippen LogP contribution is -2.40. The smallest absolute Gasteiger partial charge is 0.231 e. The Labute approximate surface area is 209 Å². The van der Waals surface area contributed by atoms with Gasteiger partial charge in [0.05, 0.1) is 25.8 Å². The van der Waals surface area contributed by atoms with Crippen LogP contribution in [-0.2, 0) is 4.79 Å². The van der Waals surface area contributed by atoms with E-state index in [1.165, 1.54) is 0 Å². The molecular weight excluding hydrogens is 471 g/mol. The molecule has 34 heavy (non-hydrogen) atoms. The van der Waals surface area contributed by atoms with Crippen LogP contribution in [0.4, 0.5) is 0 Å². The van der Waals surface area contributed by atoms with Crippen molar-refractivity contribution in [1.29, 1.82) is 0 Å². The van der Waals surface area contributed by atoms with E-state index in [0.717, 1.165) is 11.1 Å². The highest BCUT2D eigenvalue weighted by Gasteiger charge is 2.43. The molecule has 1 heterocycles. The van der Waals surface area contributed by atoms with Crippen LogP contribution in [-0.4, -0.2) is 30.9 Å². The van der Waals surface area contributed by atoms with Gasteiger partial charge in [0.2, 0.25) is 5.91 Å². The molecule has 2 atom stereocenters. The number of ether oxygens (including phenoxy) is 2. The van der Waals surface area contributed by atoms with Crippen LogP contribution in [0.5, 0.6) is 11.5 Å². The van der Waals surface area contributed by atoms with E-state index in [2.05, 4.69) is 0 Å². The number of aliphatic imine (C=N–C) groups is 1. The Bertz CT molecular complexity index is 1210. The van der Waals surface area contributed by atoms with Gasteiger partial charge in [-0.15, -0.1) is 0 Å². The third kappa shape index (κ3) is 4.63. The Morgan fingerprint density at radius 2 is 1.47 bits per heavy atom. The predicted octanol–water partition coefficient (Wildman–Crippen LogP) is 6.74. The number of methoxy groups -OCH3 is 2. The van der Waals surface area contributed by atoms with Gasteiger partial charge in [0.1, 0.15) is 23.4 Å². The zero-order valence-electron chi connectivity index (χ0n) is 19.5. The average Bonchev–Trinajstić information content (AvgIpc) is 3.24. The second-order valence-electron chi connectivity index (χ2n) is 8.37. The molecule has 3 aromatic rings. The molecule has 1 aliphatic heterocycles. The number of carbonyl (C=O) groups is 1. The SMILES string of the molecule is COc1ccc(C2=N[C@H](c3ccc(Cl)cc3)[C@H](c3ccc(Cl)cc3)N2C(=O)C(C)C)c(OC)c1. The van der Waals surface area contributed by atoms with E-state index in [0.29, 0.717) is 32.9 Å². The molecule has 0 spiro atoms. The van der Waals surface area contributed by atoms with E-state index in [4.69, 9.17) is 37.7 Å². The van der Waals surface area contributed by atoms with E-state index in [9.17, 15) is 4.79 Å². The molecule has 0 fully saturated rings. The van der Waals surface area contributed by atoms with Crippen LogP contribution in [0, 0.1) is 5.92 Å². The predicted molar refractivity (Wildman–Crippen MR) is 136 cm³/mol. The van der Waals surface area contributed by atoms with Gasteiger partial charge in [-0.25, -0.2) is 0 Å². The van der Waals surface area contributed by atoms with E-state index < -0.39 is 0 Å². The summed E-state index contributed by atoms with van der Waals surface area (Å²) in [5, 5.41) is 1.27. The molecule has 0 saturated carbocycles. The summed E-state index contributed by atoms with van der Waals surface area (Å²) in [6, 6.07) is 19.9. The Hall–Kier alpha value is -3.02. The molecule has 4 rings (SSSR count). The van der Waals surface area contributed by atoms with Gasteiger partial charge in [0.25, 0.3) is 0 Å². The van der Waals surface area contributed by atoms with Crippen LogP contribution in [0.1, 0.15) is 42.6 Å². The lowest BCUT2D eigenvalue weighted by Gasteiger charge is -2.31. The van der Waals surface area contributed by atoms with Gasteiger partial charge in [-0.2, -0.15) is 0 Å². The number of carbonyl (C=O) groups excluding carboxylic acids is 1. The first-order chi connectivity index (χ1) is 16.3. The number of amides is 1. The molecule has 0 aromatic heterocycles. The van der Waals surface area contributed by atoms with Crippen molar-refractivity contribution in [3.05, 3.63) is 93.5 Å². The lowest BCUT2D eigenvalue weighted by molar-refractivity contribution is -0.132. The van der Waals surface area contributed by atoms with E-state index in [-0.39, 0.29) is 23.9 Å². The minimum absolute atomic E-state index is 0.0342. The first-order valence-corrected chi connectivity index (χ1v) is 11.7. The van der Waals surface area contributed by atoms with Crippen molar-refractivity contribution >= 4 is 34.9 Å². The Balaban J connectivity index is 1.94. The Morgan fingerprint density at radius 3 is 2.00 bits per heavy atom. The van der Waals surface area contributed by atoms with Crippen LogP contribution in [0.3, 0.4) is 0 Å². The zero-order chi connectivity index (χ0) is 24.4. The number of benzene rings is 3. The van der Waals surface area contributed by atoms with Crippen LogP contribution in [0.2, 0.25) is 10.0 Å². The summed E-state index contributed by atoms with van der Waals surface area (Å²) in [4.78, 5) is 20.6. The quantitative estimate of drug-likeness (QED) is 0.379. The molecule has 176 valence electrons. The molecule has 0 aliphatic carbocycles. The number of hydrogen-bond donors (Lipinski definition) is 0. The van der Waals surface area contributed by atoms with Crippen molar-refractivity contribution in [2.45, 2.75) is 25.9 Å². The molecule has 0 N–H and O–H groups in total. The van der Waals surface area contributed by atoms with Crippen LogP contribution in [0.15, 0.2) is 71.7 Å². The maximum absolute atomic E-state index is 13.7. The zero-order valence-corrected chi connectivity index (χ0v) is 21.0. The van der Waals surface area contributed by atoms with Crippen molar-refractivity contribution in [2.24, 2.45) is 10.9 Å². The molecule has 1 aliphatic rings. The maximum atomic E-state index is 13.7. The van der Waals surface area contributed by atoms with Gasteiger partial charge < -0.3 is 9.47 Å². The Kier molecular flexibility index (Phi) is 7.15. The van der Waals surface area contributed by atoms with E-state index in [1.807, 2.05) is 74.5 Å². The van der Waals surface area contributed by atoms with Gasteiger partial charge >= 0.3 is 0 Å². The number of hydrogen-bond acceptors (Lipinski definition) is 4. The standard InChI is InChI=1S/C27H26Cl2N2O3/c1-16(2)27(32)31-25(18-7-11-20(29)12-8-18)24(17-5-9-19(28)10-6-17)30-26(31)22-14-13-21(33-3)15-23(22)34-4/h5-16,24-25H,1-4H3/t24-,25+/m1/s1. The highest BCUT2D eigenvalue weighted by molar-refractivity contribution is 6.30. The van der Waals surface area contributed by atoms with Crippen LogP contribution >= 0.6 is 23.2 Å². The first kappa shape index (κ1) is 24.1. The maximum Gasteiger partial charge on any atom is 0.231 e. The number of halogens is 2. The summed E-state index contributed by atoms with van der Waals surface area (Å²) in [5.74, 6) is 1.51. The Morgan fingerprint density at radius 1 is 0.882 bits per heavy atom. The fraction of sp³-hybridized carbons (Fsp3) is 0.259. The third-order valence-electron chi connectivity index (χ3n) is 5.87. The summed E-state index contributed by atoms with van der Waals surface area (Å²) in [5.41, 5.74) is 2.60. The monoisotopic (exact) mass is 496 g/mol. The van der Waals surface area contributed by atoms with Gasteiger partial charge in [0, 0.05) is 22.0 Å². The van der Waals surface area contributed by atoms with Crippen LogP contribution in [0.25, 0.3) is 0 Å². The second kappa shape index (κ2) is 10.1. The molecule has 7 heteroatoms. The van der Waals surface area contributed by atoms with Crippen molar-refractivity contribution in [3.8, 4) is 11.5 Å². The molecule has 5 nitrogen and oxygen atoms in total. The molecule has 3 aromatic carbocycles. The summed E-state index contributed by atoms with van der Waals surface area (Å²) in [6.07, 6.45) is 0. The normalized spacial score (nSPS) is 17.6. The minimum Gasteiger partial charge on any atom is -0.497 e. The van der Waals surface area contributed by atoms with Crippen molar-refractivity contribution in [1.82, 2.24) is 4.90 Å². The van der Waals surface area contributed by atoms with Crippen molar-refractivity contribution in [2.75, 3.05) is 14.2 Å². The number of amidine groups is 1. The topological polar surface area (TPSA) is 51.1 Å². The van der Waals surface area contributed by atoms with E-state index >= 15 is 0 Å². The van der Waals surface area contributed by atoms with E-state index in [1.54, 1.807) is 25.2 Å². The fourth-order valence-corrected chi connectivity index (χ4v) is 4.40. The molecule has 0 saturated heterocycles. The van der Waals surface area contributed by atoms with Gasteiger partial charge in [-0.1, -0.05) is 61.3 Å². The largest absolute Gasteiger partial charge is 0.497 e. The average molecular weight is 497 g/mol.